The highest BCUT2D eigenvalue weighted by molar-refractivity contribution is 5.40. The van der Waals surface area contributed by atoms with Crippen LogP contribution in [0.25, 0.3) is 0 Å². The standard InChI is InChI=1S/C15H20N2O/c1-11-4-5-15-13(8-11)9-14(18-15)10-17(3)12(2)6-7-16/h4-5,8,12,14H,6,9-10H2,1-3H3. The van der Waals surface area contributed by atoms with Gasteiger partial charge in [0.25, 0.3) is 0 Å². The van der Waals surface area contributed by atoms with E-state index in [-0.39, 0.29) is 12.1 Å². The van der Waals surface area contributed by atoms with Crippen molar-refractivity contribution in [2.45, 2.75) is 38.8 Å². The highest BCUT2D eigenvalue weighted by atomic mass is 16.5. The molecule has 2 atom stereocenters. The quantitative estimate of drug-likeness (QED) is 0.816. The van der Waals surface area contributed by atoms with E-state index in [0.29, 0.717) is 6.42 Å². The molecule has 0 bridgehead atoms. The van der Waals surface area contributed by atoms with Gasteiger partial charge in [-0.25, -0.2) is 0 Å². The fourth-order valence-electron chi connectivity index (χ4n) is 2.34. The number of nitrogens with zero attached hydrogens (tertiary/aromatic N) is 2. The molecule has 0 N–H and O–H groups in total. The van der Waals surface area contributed by atoms with Gasteiger partial charge in [0.05, 0.1) is 12.5 Å². The predicted molar refractivity (Wildman–Crippen MR) is 71.6 cm³/mol. The van der Waals surface area contributed by atoms with Crippen molar-refractivity contribution in [3.05, 3.63) is 29.3 Å². The van der Waals surface area contributed by atoms with Crippen molar-refractivity contribution in [2.75, 3.05) is 13.6 Å². The minimum absolute atomic E-state index is 0.216. The first kappa shape index (κ1) is 12.9. The monoisotopic (exact) mass is 244 g/mol. The minimum Gasteiger partial charge on any atom is -0.488 e. The van der Waals surface area contributed by atoms with Gasteiger partial charge >= 0.3 is 0 Å². The van der Waals surface area contributed by atoms with Crippen LogP contribution in [0.2, 0.25) is 0 Å². The van der Waals surface area contributed by atoms with Crippen molar-refractivity contribution in [1.82, 2.24) is 4.90 Å². The van der Waals surface area contributed by atoms with Gasteiger partial charge in [0.1, 0.15) is 11.9 Å². The number of nitriles is 1. The summed E-state index contributed by atoms with van der Waals surface area (Å²) < 4.78 is 5.94. The molecule has 2 rings (SSSR count). The molecule has 1 aliphatic rings. The fourth-order valence-corrected chi connectivity index (χ4v) is 2.34. The Hall–Kier alpha value is -1.53. The number of benzene rings is 1. The van der Waals surface area contributed by atoms with Crippen molar-refractivity contribution in [1.29, 1.82) is 5.26 Å². The molecule has 3 nitrogen and oxygen atoms in total. The summed E-state index contributed by atoms with van der Waals surface area (Å²) in [5.74, 6) is 1.02. The molecule has 0 spiro atoms. The van der Waals surface area contributed by atoms with E-state index < -0.39 is 0 Å². The zero-order valence-electron chi connectivity index (χ0n) is 11.3. The van der Waals surface area contributed by atoms with E-state index in [2.05, 4.69) is 50.1 Å². The molecule has 0 radical (unpaired) electrons. The van der Waals surface area contributed by atoms with Gasteiger partial charge in [0.2, 0.25) is 0 Å². The van der Waals surface area contributed by atoms with E-state index in [1.54, 1.807) is 0 Å². The molecule has 0 aliphatic carbocycles. The fraction of sp³-hybridized carbons (Fsp3) is 0.533. The lowest BCUT2D eigenvalue weighted by Crippen LogP contribution is -2.37. The van der Waals surface area contributed by atoms with Crippen LogP contribution in [0.3, 0.4) is 0 Å². The van der Waals surface area contributed by atoms with Crippen LogP contribution in [0.15, 0.2) is 18.2 Å². The molecule has 0 saturated heterocycles. The van der Waals surface area contributed by atoms with Crippen LogP contribution in [-0.2, 0) is 6.42 Å². The van der Waals surface area contributed by atoms with E-state index in [0.717, 1.165) is 18.7 Å². The summed E-state index contributed by atoms with van der Waals surface area (Å²) in [6.45, 7) is 5.06. The van der Waals surface area contributed by atoms with Gasteiger partial charge in [-0.3, -0.25) is 4.90 Å². The summed E-state index contributed by atoms with van der Waals surface area (Å²) in [6.07, 6.45) is 1.75. The smallest absolute Gasteiger partial charge is 0.123 e. The van der Waals surface area contributed by atoms with Crippen LogP contribution in [0.1, 0.15) is 24.5 Å². The second-order valence-corrected chi connectivity index (χ2v) is 5.21. The molecule has 96 valence electrons. The number of aryl methyl sites for hydroxylation is 1. The lowest BCUT2D eigenvalue weighted by Gasteiger charge is -2.25. The average molecular weight is 244 g/mol. The summed E-state index contributed by atoms with van der Waals surface area (Å²) in [5, 5.41) is 8.71. The van der Waals surface area contributed by atoms with Gasteiger partial charge in [-0.15, -0.1) is 0 Å². The van der Waals surface area contributed by atoms with Gasteiger partial charge < -0.3 is 4.74 Å². The van der Waals surface area contributed by atoms with Crippen molar-refractivity contribution >= 4 is 0 Å². The third-order valence-electron chi connectivity index (χ3n) is 3.59. The maximum Gasteiger partial charge on any atom is 0.123 e. The maximum absolute atomic E-state index is 8.71. The van der Waals surface area contributed by atoms with E-state index in [9.17, 15) is 0 Å². The van der Waals surface area contributed by atoms with E-state index >= 15 is 0 Å². The summed E-state index contributed by atoms with van der Waals surface area (Å²) in [5.41, 5.74) is 2.59. The summed E-state index contributed by atoms with van der Waals surface area (Å²) in [4.78, 5) is 2.20. The van der Waals surface area contributed by atoms with Crippen LogP contribution < -0.4 is 4.74 Å². The van der Waals surface area contributed by atoms with E-state index in [1.807, 2.05) is 0 Å². The van der Waals surface area contributed by atoms with Crippen LogP contribution in [-0.4, -0.2) is 30.6 Å². The Kier molecular flexibility index (Phi) is 3.88. The molecule has 0 amide bonds. The SMILES string of the molecule is Cc1ccc2c(c1)CC(CN(C)C(C)CC#N)O2. The molecule has 1 heterocycles. The predicted octanol–water partition coefficient (Wildman–Crippen LogP) is 2.53. The second-order valence-electron chi connectivity index (χ2n) is 5.21. The normalized spacial score (nSPS) is 19.2. The second kappa shape index (κ2) is 5.41. The van der Waals surface area contributed by atoms with Gasteiger partial charge in [-0.1, -0.05) is 17.7 Å². The number of fused-ring (bicyclic) bond motifs is 1. The topological polar surface area (TPSA) is 36.3 Å². The summed E-state index contributed by atoms with van der Waals surface area (Å²) in [6, 6.07) is 8.84. The zero-order valence-corrected chi connectivity index (χ0v) is 11.3. The number of hydrogen-bond acceptors (Lipinski definition) is 3. The third-order valence-corrected chi connectivity index (χ3v) is 3.59. The highest BCUT2D eigenvalue weighted by Crippen LogP contribution is 2.29. The number of likely N-dealkylation sites (N-methyl/N-ethyl adjacent to an activating group) is 1. The van der Waals surface area contributed by atoms with Gasteiger partial charge in [-0.05, 0) is 32.5 Å². The Morgan fingerprint density at radius 3 is 3.06 bits per heavy atom. The van der Waals surface area contributed by atoms with Crippen LogP contribution in [0.5, 0.6) is 5.75 Å². The van der Waals surface area contributed by atoms with E-state index in [1.165, 1.54) is 11.1 Å². The maximum atomic E-state index is 8.71. The molecular weight excluding hydrogens is 224 g/mol. The first-order valence-electron chi connectivity index (χ1n) is 6.43. The highest BCUT2D eigenvalue weighted by Gasteiger charge is 2.25. The lowest BCUT2D eigenvalue weighted by atomic mass is 10.1. The van der Waals surface area contributed by atoms with Crippen LogP contribution >= 0.6 is 0 Å². The largest absolute Gasteiger partial charge is 0.488 e. The molecule has 18 heavy (non-hydrogen) atoms. The van der Waals surface area contributed by atoms with Crippen LogP contribution in [0, 0.1) is 18.3 Å². The van der Waals surface area contributed by atoms with Crippen molar-refractivity contribution < 1.29 is 4.74 Å². The molecule has 0 aromatic heterocycles. The molecule has 2 unspecified atom stereocenters. The first-order chi connectivity index (χ1) is 8.60. The van der Waals surface area contributed by atoms with Gasteiger partial charge in [0, 0.05) is 19.0 Å². The summed E-state index contributed by atoms with van der Waals surface area (Å²) in [7, 11) is 2.06. The Morgan fingerprint density at radius 2 is 2.33 bits per heavy atom. The van der Waals surface area contributed by atoms with Crippen molar-refractivity contribution in [3.63, 3.8) is 0 Å². The Labute approximate surface area is 109 Å². The molecule has 1 aliphatic heterocycles. The number of rotatable bonds is 4. The van der Waals surface area contributed by atoms with Gasteiger partial charge in [-0.2, -0.15) is 5.26 Å². The zero-order chi connectivity index (χ0) is 13.1. The van der Waals surface area contributed by atoms with Crippen molar-refractivity contribution in [3.8, 4) is 11.8 Å². The van der Waals surface area contributed by atoms with Crippen LogP contribution in [0.4, 0.5) is 0 Å². The number of hydrogen-bond donors (Lipinski definition) is 0. The number of ether oxygens (including phenoxy) is 1. The van der Waals surface area contributed by atoms with Gasteiger partial charge in [0.15, 0.2) is 0 Å². The Morgan fingerprint density at radius 1 is 1.56 bits per heavy atom. The lowest BCUT2D eigenvalue weighted by molar-refractivity contribution is 0.145. The molecular formula is C15H20N2O. The van der Waals surface area contributed by atoms with Crippen molar-refractivity contribution in [2.24, 2.45) is 0 Å². The molecule has 0 saturated carbocycles. The summed E-state index contributed by atoms with van der Waals surface area (Å²) >= 11 is 0. The molecule has 1 aromatic carbocycles. The first-order valence-corrected chi connectivity index (χ1v) is 6.43. The van der Waals surface area contributed by atoms with E-state index in [4.69, 9.17) is 10.00 Å². The Balaban J connectivity index is 1.93. The molecule has 0 fully saturated rings. The average Bonchev–Trinajstić information content (AvgIpc) is 2.70. The molecule has 3 heteroatoms. The third kappa shape index (κ3) is 2.83. The Bertz CT molecular complexity index is 464. The minimum atomic E-state index is 0.216. The molecule has 1 aromatic rings.